The highest BCUT2D eigenvalue weighted by Gasteiger charge is 2.30. The van der Waals surface area contributed by atoms with Crippen LogP contribution in [-0.4, -0.2) is 15.8 Å². The average Bonchev–Trinajstić information content (AvgIpc) is 3.33. The lowest BCUT2D eigenvalue weighted by molar-refractivity contribution is -0.137. The molecule has 0 fully saturated rings. The molecule has 4 rings (SSSR count). The highest BCUT2D eigenvalue weighted by atomic mass is 32.1. The Hall–Kier alpha value is -3.63. The third-order valence-corrected chi connectivity index (χ3v) is 6.32. The molecule has 0 spiro atoms. The second kappa shape index (κ2) is 11.6. The van der Waals surface area contributed by atoms with Gasteiger partial charge in [-0.15, -0.1) is 11.3 Å². The van der Waals surface area contributed by atoms with Crippen LogP contribution in [-0.2, 0) is 32.4 Å². The molecule has 10 heteroatoms. The minimum Gasteiger partial charge on any atom is -0.347 e. The first-order valence-electron chi connectivity index (χ1n) is 11.3. The molecule has 0 saturated heterocycles. The van der Waals surface area contributed by atoms with E-state index in [0.717, 1.165) is 23.3 Å². The number of thiazole rings is 1. The van der Waals surface area contributed by atoms with Crippen LogP contribution in [0.15, 0.2) is 78.2 Å². The van der Waals surface area contributed by atoms with Gasteiger partial charge in [0.25, 0.3) is 5.91 Å². The molecule has 3 aromatic carbocycles. The van der Waals surface area contributed by atoms with E-state index in [4.69, 9.17) is 0 Å². The molecule has 1 amide bonds. The number of carbonyl (C=O) groups excluding carboxylic acids is 1. The second-order valence-electron chi connectivity index (χ2n) is 8.41. The molecule has 1 heterocycles. The topological polar surface area (TPSA) is 45.2 Å². The molecule has 1 N–H and O–H groups in total. The van der Waals surface area contributed by atoms with E-state index in [2.05, 4.69) is 10.3 Å². The monoisotopic (exact) mass is 531 g/mol. The summed E-state index contributed by atoms with van der Waals surface area (Å²) in [6, 6.07) is 16.7. The quantitative estimate of drug-likeness (QED) is 0.249. The summed E-state index contributed by atoms with van der Waals surface area (Å²) in [7, 11) is 0. The van der Waals surface area contributed by atoms with Gasteiger partial charge in [0.05, 0.1) is 12.1 Å². The number of hydrogen-bond donors (Lipinski definition) is 1. The fraction of sp³-hybridized carbons (Fsp3) is 0.185. The van der Waals surface area contributed by atoms with E-state index in [1.807, 2.05) is 4.90 Å². The van der Waals surface area contributed by atoms with Crippen LogP contribution in [0.25, 0.3) is 0 Å². The summed E-state index contributed by atoms with van der Waals surface area (Å²) in [6.45, 7) is 0.997. The van der Waals surface area contributed by atoms with E-state index in [0.29, 0.717) is 17.1 Å². The zero-order chi connectivity index (χ0) is 26.4. The Morgan fingerprint density at radius 2 is 1.46 bits per heavy atom. The van der Waals surface area contributed by atoms with Gasteiger partial charge in [0.15, 0.2) is 0 Å². The summed E-state index contributed by atoms with van der Waals surface area (Å²) >= 11 is 1.26. The predicted octanol–water partition coefficient (Wildman–Crippen LogP) is 6.57. The van der Waals surface area contributed by atoms with E-state index in [-0.39, 0.29) is 37.0 Å². The largest absolute Gasteiger partial charge is 0.416 e. The van der Waals surface area contributed by atoms with Crippen LogP contribution in [0.1, 0.15) is 37.7 Å². The van der Waals surface area contributed by atoms with Gasteiger partial charge in [-0.05, 0) is 47.0 Å². The Kier molecular flexibility index (Phi) is 8.30. The molecule has 1 aromatic heterocycles. The first-order chi connectivity index (χ1) is 17.7. The highest BCUT2D eigenvalue weighted by molar-refractivity contribution is 7.09. The standard InChI is InChI=1S/C27H22F5N3OS/c28-22-8-4-18(5-9-22)13-33-26(36)24-17-37-25(34-24)16-35(14-19-6-10-23(29)11-7-19)15-20-2-1-3-21(12-20)27(30,31)32/h1-12,17H,13-16H2,(H,33,36). The smallest absolute Gasteiger partial charge is 0.347 e. The molecule has 4 nitrogen and oxygen atoms in total. The number of carbonyl (C=O) groups is 1. The number of amides is 1. The van der Waals surface area contributed by atoms with Gasteiger partial charge in [-0.1, -0.05) is 42.5 Å². The van der Waals surface area contributed by atoms with Crippen molar-refractivity contribution in [3.63, 3.8) is 0 Å². The molecule has 0 unspecified atom stereocenters. The Morgan fingerprint density at radius 1 is 0.838 bits per heavy atom. The summed E-state index contributed by atoms with van der Waals surface area (Å²) in [6.07, 6.45) is -4.46. The average molecular weight is 532 g/mol. The second-order valence-corrected chi connectivity index (χ2v) is 9.35. The van der Waals surface area contributed by atoms with Gasteiger partial charge < -0.3 is 5.32 Å². The van der Waals surface area contributed by atoms with Crippen molar-refractivity contribution in [3.8, 4) is 0 Å². The van der Waals surface area contributed by atoms with Crippen LogP contribution in [0.2, 0.25) is 0 Å². The normalized spacial score (nSPS) is 11.6. The summed E-state index contributed by atoms with van der Waals surface area (Å²) in [5.74, 6) is -1.14. The number of hydrogen-bond acceptors (Lipinski definition) is 4. The van der Waals surface area contributed by atoms with Crippen molar-refractivity contribution in [1.29, 1.82) is 0 Å². The van der Waals surface area contributed by atoms with E-state index in [9.17, 15) is 26.7 Å². The van der Waals surface area contributed by atoms with Crippen molar-refractivity contribution in [2.45, 2.75) is 32.4 Å². The van der Waals surface area contributed by atoms with Gasteiger partial charge in [0, 0.05) is 25.0 Å². The van der Waals surface area contributed by atoms with Gasteiger partial charge in [0.1, 0.15) is 22.3 Å². The molecule has 0 saturated carbocycles. The van der Waals surface area contributed by atoms with Crippen LogP contribution in [0.3, 0.4) is 0 Å². The van der Waals surface area contributed by atoms with E-state index >= 15 is 0 Å². The fourth-order valence-electron chi connectivity index (χ4n) is 3.67. The lowest BCUT2D eigenvalue weighted by Gasteiger charge is -2.22. The van der Waals surface area contributed by atoms with E-state index < -0.39 is 17.6 Å². The molecule has 0 aliphatic carbocycles. The number of rotatable bonds is 9. The van der Waals surface area contributed by atoms with Crippen LogP contribution >= 0.6 is 11.3 Å². The zero-order valence-corrected chi connectivity index (χ0v) is 20.3. The molecule has 0 radical (unpaired) electrons. The molecule has 37 heavy (non-hydrogen) atoms. The van der Waals surface area contributed by atoms with Crippen LogP contribution in [0.4, 0.5) is 22.0 Å². The molecule has 0 aliphatic heterocycles. The third-order valence-electron chi connectivity index (χ3n) is 5.49. The molecular weight excluding hydrogens is 509 g/mol. The third kappa shape index (κ3) is 7.68. The molecule has 4 aromatic rings. The molecule has 0 bridgehead atoms. The Morgan fingerprint density at radius 3 is 2.11 bits per heavy atom. The van der Waals surface area contributed by atoms with Crippen molar-refractivity contribution < 1.29 is 26.7 Å². The maximum Gasteiger partial charge on any atom is 0.416 e. The lowest BCUT2D eigenvalue weighted by atomic mass is 10.1. The number of aromatic nitrogens is 1. The minimum atomic E-state index is -4.46. The first kappa shape index (κ1) is 26.4. The number of benzene rings is 3. The number of nitrogens with one attached hydrogen (secondary N) is 1. The Bertz CT molecular complexity index is 1340. The predicted molar refractivity (Wildman–Crippen MR) is 130 cm³/mol. The van der Waals surface area contributed by atoms with Crippen molar-refractivity contribution in [3.05, 3.63) is 123 Å². The first-order valence-corrected chi connectivity index (χ1v) is 12.1. The van der Waals surface area contributed by atoms with E-state index in [1.54, 1.807) is 35.7 Å². The van der Waals surface area contributed by atoms with Crippen molar-refractivity contribution in [2.75, 3.05) is 0 Å². The maximum absolute atomic E-state index is 13.4. The maximum atomic E-state index is 13.4. The Labute approximate surface area is 214 Å². The van der Waals surface area contributed by atoms with Gasteiger partial charge in [-0.2, -0.15) is 13.2 Å². The number of halogens is 5. The van der Waals surface area contributed by atoms with Crippen molar-refractivity contribution in [1.82, 2.24) is 15.2 Å². The zero-order valence-electron chi connectivity index (χ0n) is 19.4. The van der Waals surface area contributed by atoms with E-state index in [1.165, 1.54) is 41.7 Å². The van der Waals surface area contributed by atoms with Crippen LogP contribution in [0.5, 0.6) is 0 Å². The van der Waals surface area contributed by atoms with Gasteiger partial charge in [-0.25, -0.2) is 13.8 Å². The molecular formula is C27H22F5N3OS. The molecule has 0 atom stereocenters. The fourth-order valence-corrected chi connectivity index (χ4v) is 4.49. The Balaban J connectivity index is 1.46. The van der Waals surface area contributed by atoms with Gasteiger partial charge in [0.2, 0.25) is 0 Å². The lowest BCUT2D eigenvalue weighted by Crippen LogP contribution is -2.24. The van der Waals surface area contributed by atoms with Crippen LogP contribution < -0.4 is 5.32 Å². The van der Waals surface area contributed by atoms with Crippen molar-refractivity contribution >= 4 is 17.2 Å². The highest BCUT2D eigenvalue weighted by Crippen LogP contribution is 2.30. The summed E-state index contributed by atoms with van der Waals surface area (Å²) < 4.78 is 66.0. The summed E-state index contributed by atoms with van der Waals surface area (Å²) in [5, 5.41) is 4.94. The van der Waals surface area contributed by atoms with Gasteiger partial charge >= 0.3 is 6.18 Å². The molecule has 192 valence electrons. The van der Waals surface area contributed by atoms with Crippen LogP contribution in [0, 0.1) is 11.6 Å². The van der Waals surface area contributed by atoms with Crippen molar-refractivity contribution in [2.24, 2.45) is 0 Å². The minimum absolute atomic E-state index is 0.187. The number of alkyl halides is 3. The summed E-state index contributed by atoms with van der Waals surface area (Å²) in [4.78, 5) is 18.8. The van der Waals surface area contributed by atoms with Gasteiger partial charge in [-0.3, -0.25) is 9.69 Å². The SMILES string of the molecule is O=C(NCc1ccc(F)cc1)c1csc(CN(Cc2ccc(F)cc2)Cc2cccc(C(F)(F)F)c2)n1. The summed E-state index contributed by atoms with van der Waals surface area (Å²) in [5.41, 5.74) is 1.45. The molecule has 0 aliphatic rings. The number of nitrogens with zero attached hydrogens (tertiary/aromatic N) is 2.